The molecule has 338 valence electrons. The van der Waals surface area contributed by atoms with Crippen molar-refractivity contribution < 1.29 is 97.4 Å². The van der Waals surface area contributed by atoms with Crippen LogP contribution in [0.2, 0.25) is 0 Å². The lowest BCUT2D eigenvalue weighted by Gasteiger charge is -2.44. The summed E-state index contributed by atoms with van der Waals surface area (Å²) < 4.78 is 296. The summed E-state index contributed by atoms with van der Waals surface area (Å²) in [5.41, 5.74) is -12.9. The third-order valence-electron chi connectivity index (χ3n) is 10.5. The molecule has 1 saturated carbocycles. The molecule has 6 aromatic rings. The van der Waals surface area contributed by atoms with Crippen LogP contribution in [0, 0.1) is 116 Å². The largest absolute Gasteiger partial charge is 0.252 e. The molecule has 3 nitrogen and oxygen atoms in total. The van der Waals surface area contributed by atoms with Crippen LogP contribution in [0.3, 0.4) is 0 Å². The van der Waals surface area contributed by atoms with E-state index in [0.29, 0.717) is 0 Å². The molecule has 5 aromatic carbocycles. The van der Waals surface area contributed by atoms with Crippen molar-refractivity contribution in [1.82, 2.24) is 4.98 Å². The van der Waals surface area contributed by atoms with Gasteiger partial charge in [-0.3, -0.25) is 4.98 Å². The minimum Gasteiger partial charge on any atom is -0.252 e. The Balaban J connectivity index is 0.000000295. The van der Waals surface area contributed by atoms with E-state index >= 15 is 35.1 Å². The van der Waals surface area contributed by atoms with Crippen LogP contribution in [-0.4, -0.2) is 11.1 Å². The summed E-state index contributed by atoms with van der Waals surface area (Å²) in [7, 11) is 0. The quantitative estimate of drug-likeness (QED) is 0.0526. The molecule has 0 radical (unpaired) electrons. The van der Waals surface area contributed by atoms with E-state index in [2.05, 4.69) is 29.2 Å². The standard InChI is InChI=1S/C24BF20.C16H19N2O/c26-5-1(6(27)14(35)21(42)13(5)34)25(2-7(28)15(36)22(43)16(37)8(2)29,3-9(30)17(38)23(44)18(39)10(3)31)4-11(32)19(40)24(45)20(41)12(4)33;1-2-4-14(5-3-1)15-6-8-16(9-7-15)19-18-12-10-17-11-13-18/h;6-14H,1-5H2/q-1;+1. The lowest BCUT2D eigenvalue weighted by Crippen LogP contribution is -2.81. The fourth-order valence-electron chi connectivity index (χ4n) is 7.60. The van der Waals surface area contributed by atoms with Crippen molar-refractivity contribution in [2.24, 2.45) is 0 Å². The van der Waals surface area contributed by atoms with E-state index in [0.717, 1.165) is 11.7 Å². The van der Waals surface area contributed by atoms with Crippen molar-refractivity contribution in [2.45, 2.75) is 38.0 Å². The Morgan fingerprint density at radius 1 is 0.375 bits per heavy atom. The second kappa shape index (κ2) is 18.0. The third-order valence-corrected chi connectivity index (χ3v) is 10.5. The van der Waals surface area contributed by atoms with Gasteiger partial charge in [-0.05, 0) is 36.5 Å². The SMILES string of the molecule is Fc1c(F)c(F)c([B-](c2c(F)c(F)c(F)c(F)c2F)(c2c(F)c(F)c(F)c(F)c2F)c2c(F)c(F)c(F)c(F)c2F)c(F)c1F.c1c[n+](Oc2ccc(C3CCCCC3)cc2)ccn1. The van der Waals surface area contributed by atoms with Crippen LogP contribution in [0.5, 0.6) is 5.75 Å². The van der Waals surface area contributed by atoms with Crippen LogP contribution in [-0.2, 0) is 0 Å². The van der Waals surface area contributed by atoms with Crippen molar-refractivity contribution in [3.05, 3.63) is 171 Å². The first-order chi connectivity index (χ1) is 30.1. The zero-order valence-corrected chi connectivity index (χ0v) is 31.2. The van der Waals surface area contributed by atoms with Crippen LogP contribution in [0.4, 0.5) is 87.8 Å². The van der Waals surface area contributed by atoms with E-state index in [1.807, 2.05) is 0 Å². The fraction of sp³-hybridized carbons (Fsp3) is 0.150. The Morgan fingerprint density at radius 2 is 0.641 bits per heavy atom. The fourth-order valence-corrected chi connectivity index (χ4v) is 7.60. The van der Waals surface area contributed by atoms with Gasteiger partial charge >= 0.3 is 0 Å². The van der Waals surface area contributed by atoms with Gasteiger partial charge in [0.05, 0.1) is 12.4 Å². The van der Waals surface area contributed by atoms with Gasteiger partial charge < -0.3 is 0 Å². The van der Waals surface area contributed by atoms with E-state index in [9.17, 15) is 52.7 Å². The Morgan fingerprint density at radius 3 is 0.922 bits per heavy atom. The van der Waals surface area contributed by atoms with Gasteiger partial charge in [0.1, 0.15) is 52.7 Å². The molecule has 1 aliphatic carbocycles. The zero-order chi connectivity index (χ0) is 47.3. The molecule has 64 heavy (non-hydrogen) atoms. The van der Waals surface area contributed by atoms with Gasteiger partial charge in [0, 0.05) is 4.73 Å². The van der Waals surface area contributed by atoms with Gasteiger partial charge in [0.15, 0.2) is 69.8 Å². The summed E-state index contributed by atoms with van der Waals surface area (Å²) in [6.07, 6.45) is 6.57. The van der Waals surface area contributed by atoms with Crippen molar-refractivity contribution in [2.75, 3.05) is 0 Å². The number of rotatable bonds is 7. The van der Waals surface area contributed by atoms with E-state index < -0.39 is 144 Å². The average Bonchev–Trinajstić information content (AvgIpc) is 3.30. The first-order valence-corrected chi connectivity index (χ1v) is 17.9. The van der Waals surface area contributed by atoms with Crippen molar-refractivity contribution in [1.29, 1.82) is 0 Å². The maximum Gasteiger partial charge on any atom is 0.241 e. The van der Waals surface area contributed by atoms with Crippen LogP contribution < -0.4 is 31.4 Å². The van der Waals surface area contributed by atoms with E-state index in [1.54, 1.807) is 29.5 Å². The molecule has 24 heteroatoms. The highest BCUT2D eigenvalue weighted by atomic mass is 19.2. The summed E-state index contributed by atoms with van der Waals surface area (Å²) in [5.74, 6) is -69.8. The summed E-state index contributed by atoms with van der Waals surface area (Å²) >= 11 is 0. The minimum absolute atomic E-state index is 0.747. The average molecular weight is 934 g/mol. The second-order valence-corrected chi connectivity index (χ2v) is 13.9. The lowest BCUT2D eigenvalue weighted by molar-refractivity contribution is -0.875. The zero-order valence-electron chi connectivity index (χ0n) is 31.2. The Hall–Kier alpha value is -6.36. The molecule has 1 aromatic heterocycles. The third kappa shape index (κ3) is 7.62. The minimum atomic E-state index is -7.22. The van der Waals surface area contributed by atoms with Crippen molar-refractivity contribution >= 4 is 28.0 Å². The summed E-state index contributed by atoms with van der Waals surface area (Å²) in [5, 5.41) is 0. The molecule has 7 rings (SSSR count). The summed E-state index contributed by atoms with van der Waals surface area (Å²) in [6, 6.07) is 8.51. The Labute approximate surface area is 345 Å². The maximum absolute atomic E-state index is 15.4. The van der Waals surface area contributed by atoms with Crippen molar-refractivity contribution in [3.63, 3.8) is 0 Å². The molecule has 0 unspecified atom stereocenters. The molecule has 0 bridgehead atoms. The molecule has 0 saturated heterocycles. The molecular formula is C40H19BF20N2O. The Kier molecular flexibility index (Phi) is 13.3. The van der Waals surface area contributed by atoms with Crippen LogP contribution in [0.25, 0.3) is 0 Å². The number of hydrogen-bond donors (Lipinski definition) is 0. The van der Waals surface area contributed by atoms with E-state index in [4.69, 9.17) is 4.84 Å². The van der Waals surface area contributed by atoms with Crippen molar-refractivity contribution in [3.8, 4) is 5.75 Å². The molecule has 0 aliphatic heterocycles. The Bertz CT molecular complexity index is 2410. The highest BCUT2D eigenvalue weighted by Gasteiger charge is 2.52. The monoisotopic (exact) mass is 934 g/mol. The predicted octanol–water partition coefficient (Wildman–Crippen LogP) is 9.10. The number of nitrogens with zero attached hydrogens (tertiary/aromatic N) is 2. The number of hydrogen-bond acceptors (Lipinski definition) is 2. The highest BCUT2D eigenvalue weighted by molar-refractivity contribution is 7.20. The number of aromatic nitrogens is 2. The van der Waals surface area contributed by atoms with Crippen LogP contribution in [0.15, 0.2) is 49.1 Å². The topological polar surface area (TPSA) is 26.0 Å². The molecule has 1 fully saturated rings. The smallest absolute Gasteiger partial charge is 0.241 e. The molecule has 0 spiro atoms. The van der Waals surface area contributed by atoms with Gasteiger partial charge in [-0.2, -0.15) is 0 Å². The summed E-state index contributed by atoms with van der Waals surface area (Å²) in [4.78, 5) is 9.66. The number of halogens is 20. The van der Waals surface area contributed by atoms with Gasteiger partial charge in [0.25, 0.3) is 0 Å². The highest BCUT2D eigenvalue weighted by Crippen LogP contribution is 2.34. The molecule has 1 heterocycles. The van der Waals surface area contributed by atoms with E-state index in [1.165, 1.54) is 37.7 Å². The molecule has 0 amide bonds. The van der Waals surface area contributed by atoms with Gasteiger partial charge in [-0.25, -0.2) is 92.6 Å². The lowest BCUT2D eigenvalue weighted by atomic mass is 9.12. The normalized spacial score (nSPS) is 13.2. The second-order valence-electron chi connectivity index (χ2n) is 13.9. The first-order valence-electron chi connectivity index (χ1n) is 17.9. The molecule has 1 aliphatic rings. The predicted molar refractivity (Wildman–Crippen MR) is 182 cm³/mol. The van der Waals surface area contributed by atoms with Gasteiger partial charge in [0.2, 0.25) is 18.1 Å². The maximum atomic E-state index is 15.4. The molecular weight excluding hydrogens is 915 g/mol. The molecule has 0 N–H and O–H groups in total. The molecule has 0 atom stereocenters. The van der Waals surface area contributed by atoms with Gasteiger partial charge in [-0.15, -0.1) is 21.9 Å². The van der Waals surface area contributed by atoms with Gasteiger partial charge in [-0.1, -0.05) is 31.4 Å². The number of benzene rings is 5. The first kappa shape index (κ1) is 47.1. The summed E-state index contributed by atoms with van der Waals surface area (Å²) in [6.45, 7) is 0. The van der Waals surface area contributed by atoms with Crippen LogP contribution >= 0.6 is 0 Å². The van der Waals surface area contributed by atoms with Crippen LogP contribution in [0.1, 0.15) is 43.6 Å². The van der Waals surface area contributed by atoms with E-state index in [-0.39, 0.29) is 0 Å².